The highest BCUT2D eigenvalue weighted by Crippen LogP contribution is 2.30. The minimum Gasteiger partial charge on any atom is -0.387 e. The molecule has 0 saturated heterocycles. The first-order valence-corrected chi connectivity index (χ1v) is 6.93. The lowest BCUT2D eigenvalue weighted by Gasteiger charge is -2.29. The molecule has 0 radical (unpaired) electrons. The number of nitrogens with one attached hydrogen (secondary N) is 1. The van der Waals surface area contributed by atoms with Gasteiger partial charge in [0.25, 0.3) is 0 Å². The molecule has 1 atom stereocenters. The number of fused-ring (bicyclic) bond motifs is 1. The van der Waals surface area contributed by atoms with Crippen LogP contribution in [0.3, 0.4) is 0 Å². The van der Waals surface area contributed by atoms with Gasteiger partial charge in [-0.1, -0.05) is 19.1 Å². The van der Waals surface area contributed by atoms with Crippen molar-refractivity contribution in [3.63, 3.8) is 0 Å². The topological polar surface area (TPSA) is 52.6 Å². The molecule has 2 N–H and O–H groups in total. The van der Waals surface area contributed by atoms with Crippen molar-refractivity contribution in [1.82, 2.24) is 5.32 Å². The van der Waals surface area contributed by atoms with E-state index in [1.165, 1.54) is 5.56 Å². The summed E-state index contributed by atoms with van der Waals surface area (Å²) < 4.78 is 0. The Morgan fingerprint density at radius 3 is 3.00 bits per heavy atom. The lowest BCUT2D eigenvalue weighted by Crippen LogP contribution is -2.33. The lowest BCUT2D eigenvalue weighted by atomic mass is 9.97. The van der Waals surface area contributed by atoms with Gasteiger partial charge >= 0.3 is 0 Å². The zero-order valence-corrected chi connectivity index (χ0v) is 11.6. The molecule has 1 aliphatic rings. The van der Waals surface area contributed by atoms with Crippen LogP contribution in [0.2, 0.25) is 0 Å². The predicted octanol–water partition coefficient (Wildman–Crippen LogP) is 1.63. The van der Waals surface area contributed by atoms with Crippen molar-refractivity contribution >= 4 is 11.6 Å². The number of amides is 1. The van der Waals surface area contributed by atoms with Gasteiger partial charge in [0.15, 0.2) is 0 Å². The first-order chi connectivity index (χ1) is 9.13. The van der Waals surface area contributed by atoms with Crippen molar-refractivity contribution in [2.24, 2.45) is 0 Å². The van der Waals surface area contributed by atoms with Crippen molar-refractivity contribution in [2.45, 2.75) is 32.8 Å². The van der Waals surface area contributed by atoms with Crippen LogP contribution >= 0.6 is 0 Å². The van der Waals surface area contributed by atoms with Crippen LogP contribution in [0.25, 0.3) is 0 Å². The van der Waals surface area contributed by atoms with Crippen LogP contribution in [-0.4, -0.2) is 30.6 Å². The summed E-state index contributed by atoms with van der Waals surface area (Å²) in [6.45, 7) is 5.75. The van der Waals surface area contributed by atoms with E-state index < -0.39 is 6.10 Å². The fourth-order valence-electron chi connectivity index (χ4n) is 2.52. The standard InChI is InChI=1S/C15H22N2O2/c1-3-16-10-15(19)13-7-6-12-5-4-8-17(11(2)18)14(12)9-13/h6-7,9,15-16,19H,3-5,8,10H2,1-2H3. The number of aliphatic hydroxyl groups excluding tert-OH is 1. The Morgan fingerprint density at radius 1 is 1.53 bits per heavy atom. The molecule has 0 aromatic heterocycles. The van der Waals surface area contributed by atoms with E-state index in [0.29, 0.717) is 6.54 Å². The molecule has 104 valence electrons. The zero-order valence-electron chi connectivity index (χ0n) is 11.6. The summed E-state index contributed by atoms with van der Waals surface area (Å²) in [6, 6.07) is 5.96. The van der Waals surface area contributed by atoms with E-state index >= 15 is 0 Å². The highest BCUT2D eigenvalue weighted by molar-refractivity contribution is 5.92. The van der Waals surface area contributed by atoms with Crippen molar-refractivity contribution in [3.05, 3.63) is 29.3 Å². The monoisotopic (exact) mass is 262 g/mol. The average molecular weight is 262 g/mol. The Kier molecular flexibility index (Phi) is 4.56. The van der Waals surface area contributed by atoms with Gasteiger partial charge in [-0.15, -0.1) is 0 Å². The third kappa shape index (κ3) is 3.14. The number of aryl methyl sites for hydroxylation is 1. The van der Waals surface area contributed by atoms with Crippen LogP contribution in [0, 0.1) is 0 Å². The van der Waals surface area contributed by atoms with Gasteiger partial charge in [0.1, 0.15) is 0 Å². The van der Waals surface area contributed by atoms with Gasteiger partial charge in [-0.25, -0.2) is 0 Å². The van der Waals surface area contributed by atoms with Crippen LogP contribution in [0.1, 0.15) is 37.5 Å². The van der Waals surface area contributed by atoms with Crippen molar-refractivity contribution in [1.29, 1.82) is 0 Å². The second-order valence-corrected chi connectivity index (χ2v) is 4.99. The van der Waals surface area contributed by atoms with E-state index in [2.05, 4.69) is 5.32 Å². The fourth-order valence-corrected chi connectivity index (χ4v) is 2.52. The van der Waals surface area contributed by atoms with Gasteiger partial charge in [0, 0.05) is 25.7 Å². The molecular weight excluding hydrogens is 240 g/mol. The number of hydrogen-bond acceptors (Lipinski definition) is 3. The number of hydrogen-bond donors (Lipinski definition) is 2. The summed E-state index contributed by atoms with van der Waals surface area (Å²) in [4.78, 5) is 13.5. The summed E-state index contributed by atoms with van der Waals surface area (Å²) in [6.07, 6.45) is 1.48. The summed E-state index contributed by atoms with van der Waals surface area (Å²) in [5.74, 6) is 0.0688. The third-order valence-electron chi connectivity index (χ3n) is 3.58. The Morgan fingerprint density at radius 2 is 2.32 bits per heavy atom. The molecule has 19 heavy (non-hydrogen) atoms. The van der Waals surface area contributed by atoms with Crippen LogP contribution in [0.4, 0.5) is 5.69 Å². The molecular formula is C15H22N2O2. The van der Waals surface area contributed by atoms with Gasteiger partial charge < -0.3 is 15.3 Å². The molecule has 1 aromatic carbocycles. The molecule has 4 nitrogen and oxygen atoms in total. The van der Waals surface area contributed by atoms with Crippen LogP contribution in [0.15, 0.2) is 18.2 Å². The second kappa shape index (κ2) is 6.17. The first kappa shape index (κ1) is 14.0. The molecule has 0 saturated carbocycles. The minimum atomic E-state index is -0.527. The minimum absolute atomic E-state index is 0.0688. The van der Waals surface area contributed by atoms with Gasteiger partial charge in [0.2, 0.25) is 5.91 Å². The maximum absolute atomic E-state index is 11.7. The Bertz CT molecular complexity index is 459. The van der Waals surface area contributed by atoms with Gasteiger partial charge in [-0.3, -0.25) is 4.79 Å². The molecule has 0 fully saturated rings. The molecule has 0 spiro atoms. The highest BCUT2D eigenvalue weighted by atomic mass is 16.3. The Labute approximate surface area is 114 Å². The van der Waals surface area contributed by atoms with Crippen molar-refractivity contribution in [3.8, 4) is 0 Å². The molecule has 4 heteroatoms. The smallest absolute Gasteiger partial charge is 0.223 e. The number of likely N-dealkylation sites (N-methyl/N-ethyl adjacent to an activating group) is 1. The van der Waals surface area contributed by atoms with Crippen molar-refractivity contribution in [2.75, 3.05) is 24.5 Å². The molecule has 1 aromatic rings. The van der Waals surface area contributed by atoms with E-state index in [9.17, 15) is 9.90 Å². The normalized spacial score (nSPS) is 16.1. The van der Waals surface area contributed by atoms with E-state index in [-0.39, 0.29) is 5.91 Å². The van der Waals surface area contributed by atoms with Gasteiger partial charge in [-0.2, -0.15) is 0 Å². The van der Waals surface area contributed by atoms with E-state index in [1.54, 1.807) is 6.92 Å². The summed E-state index contributed by atoms with van der Waals surface area (Å²) >= 11 is 0. The SMILES string of the molecule is CCNCC(O)c1ccc2c(c1)N(C(C)=O)CCC2. The summed E-state index contributed by atoms with van der Waals surface area (Å²) in [7, 11) is 0. The molecule has 2 rings (SSSR count). The molecule has 1 heterocycles. The van der Waals surface area contributed by atoms with Crippen LogP contribution < -0.4 is 10.2 Å². The van der Waals surface area contributed by atoms with E-state index in [1.807, 2.05) is 30.0 Å². The quantitative estimate of drug-likeness (QED) is 0.867. The molecule has 0 aliphatic carbocycles. The maximum Gasteiger partial charge on any atom is 0.223 e. The van der Waals surface area contributed by atoms with Crippen molar-refractivity contribution < 1.29 is 9.90 Å². The largest absolute Gasteiger partial charge is 0.387 e. The maximum atomic E-state index is 11.7. The number of anilines is 1. The first-order valence-electron chi connectivity index (χ1n) is 6.93. The molecule has 0 bridgehead atoms. The Hall–Kier alpha value is -1.39. The highest BCUT2D eigenvalue weighted by Gasteiger charge is 2.21. The second-order valence-electron chi connectivity index (χ2n) is 4.99. The van der Waals surface area contributed by atoms with Gasteiger partial charge in [0.05, 0.1) is 6.10 Å². The van der Waals surface area contributed by atoms with Crippen LogP contribution in [-0.2, 0) is 11.2 Å². The summed E-state index contributed by atoms with van der Waals surface area (Å²) in [5.41, 5.74) is 3.03. The van der Waals surface area contributed by atoms with Crippen LogP contribution in [0.5, 0.6) is 0 Å². The zero-order chi connectivity index (χ0) is 13.8. The number of nitrogens with zero attached hydrogens (tertiary/aromatic N) is 1. The number of rotatable bonds is 4. The average Bonchev–Trinajstić information content (AvgIpc) is 2.43. The fraction of sp³-hybridized carbons (Fsp3) is 0.533. The third-order valence-corrected chi connectivity index (χ3v) is 3.58. The Balaban J connectivity index is 2.25. The number of benzene rings is 1. The van der Waals surface area contributed by atoms with E-state index in [4.69, 9.17) is 0 Å². The molecule has 1 amide bonds. The van der Waals surface area contributed by atoms with Gasteiger partial charge in [-0.05, 0) is 36.6 Å². The number of aliphatic hydroxyl groups is 1. The predicted molar refractivity (Wildman–Crippen MR) is 76.3 cm³/mol. The summed E-state index contributed by atoms with van der Waals surface area (Å²) in [5, 5.41) is 13.2. The lowest BCUT2D eigenvalue weighted by molar-refractivity contribution is -0.116. The molecule has 1 unspecified atom stereocenters. The van der Waals surface area contributed by atoms with E-state index in [0.717, 1.165) is 37.2 Å². The number of carbonyl (C=O) groups excluding carboxylic acids is 1. The molecule has 1 aliphatic heterocycles. The number of carbonyl (C=O) groups is 1.